The van der Waals surface area contributed by atoms with Crippen molar-refractivity contribution in [3.63, 3.8) is 0 Å². The lowest BCUT2D eigenvalue weighted by atomic mass is 10.00. The second-order valence-corrected chi connectivity index (χ2v) is 4.84. The van der Waals surface area contributed by atoms with Crippen LogP contribution in [0.2, 0.25) is 0 Å². The zero-order valence-corrected chi connectivity index (χ0v) is 11.8. The Hall–Kier alpha value is -1.58. The summed E-state index contributed by atoms with van der Waals surface area (Å²) >= 11 is 0. The summed E-state index contributed by atoms with van der Waals surface area (Å²) in [5, 5.41) is 0. The second-order valence-electron chi connectivity index (χ2n) is 4.84. The van der Waals surface area contributed by atoms with E-state index in [0.29, 0.717) is 19.6 Å². The third kappa shape index (κ3) is 3.94. The third-order valence-electron chi connectivity index (χ3n) is 3.53. The molecule has 1 unspecified atom stereocenters. The molecule has 2 amide bonds. The fourth-order valence-corrected chi connectivity index (χ4v) is 2.50. The van der Waals surface area contributed by atoms with Crippen LogP contribution in [0, 0.1) is 0 Å². The maximum atomic E-state index is 12.3. The monoisotopic (exact) mass is 264 g/mol. The fraction of sp³-hybridized carbons (Fsp3) is 0.600. The summed E-state index contributed by atoms with van der Waals surface area (Å²) in [6, 6.07) is 0.208. The molecule has 1 aliphatic heterocycles. The molecule has 0 radical (unpaired) electrons. The van der Waals surface area contributed by atoms with Crippen LogP contribution in [-0.4, -0.2) is 47.3 Å². The summed E-state index contributed by atoms with van der Waals surface area (Å²) in [5.74, 6) is -0.824. The molecule has 1 heterocycles. The topological polar surface area (TPSA) is 40.6 Å². The van der Waals surface area contributed by atoms with Crippen molar-refractivity contribution in [3.8, 4) is 0 Å². The Bertz CT molecular complexity index is 342. The molecule has 4 nitrogen and oxygen atoms in total. The van der Waals surface area contributed by atoms with Gasteiger partial charge in [-0.3, -0.25) is 9.59 Å². The highest BCUT2D eigenvalue weighted by molar-refractivity contribution is 6.35. The van der Waals surface area contributed by atoms with Crippen LogP contribution in [0.3, 0.4) is 0 Å². The maximum absolute atomic E-state index is 12.3. The first-order valence-electron chi connectivity index (χ1n) is 6.97. The van der Waals surface area contributed by atoms with Gasteiger partial charge in [-0.25, -0.2) is 0 Å². The number of hydrogen-bond donors (Lipinski definition) is 0. The summed E-state index contributed by atoms with van der Waals surface area (Å²) in [6.07, 6.45) is 7.28. The number of likely N-dealkylation sites (tertiary alicyclic amines) is 1. The van der Waals surface area contributed by atoms with E-state index in [1.54, 1.807) is 17.1 Å². The number of piperidine rings is 1. The maximum Gasteiger partial charge on any atom is 0.312 e. The van der Waals surface area contributed by atoms with Gasteiger partial charge in [-0.15, -0.1) is 13.2 Å². The molecule has 0 aromatic carbocycles. The minimum atomic E-state index is -0.444. The molecule has 0 aromatic rings. The summed E-state index contributed by atoms with van der Waals surface area (Å²) < 4.78 is 0. The Morgan fingerprint density at radius 3 is 2.42 bits per heavy atom. The average molecular weight is 264 g/mol. The van der Waals surface area contributed by atoms with Crippen LogP contribution in [0.1, 0.15) is 32.6 Å². The van der Waals surface area contributed by atoms with Crippen molar-refractivity contribution >= 4 is 11.8 Å². The van der Waals surface area contributed by atoms with Crippen LogP contribution >= 0.6 is 0 Å². The molecule has 0 saturated carbocycles. The number of rotatable bonds is 5. The van der Waals surface area contributed by atoms with E-state index in [2.05, 4.69) is 20.1 Å². The Balaban J connectivity index is 2.75. The molecule has 19 heavy (non-hydrogen) atoms. The highest BCUT2D eigenvalue weighted by Crippen LogP contribution is 2.20. The van der Waals surface area contributed by atoms with Crippen molar-refractivity contribution in [1.82, 2.24) is 9.80 Å². The molecule has 0 spiro atoms. The van der Waals surface area contributed by atoms with Gasteiger partial charge in [0.1, 0.15) is 0 Å². The van der Waals surface area contributed by atoms with Crippen molar-refractivity contribution < 1.29 is 9.59 Å². The SMILES string of the molecule is C=CCN(CC=C)C(=O)C(=O)N1CCCCC1CC. The van der Waals surface area contributed by atoms with Crippen molar-refractivity contribution in [2.75, 3.05) is 19.6 Å². The number of amides is 2. The molecule has 1 saturated heterocycles. The molecular weight excluding hydrogens is 240 g/mol. The number of hydrogen-bond acceptors (Lipinski definition) is 2. The van der Waals surface area contributed by atoms with Gasteiger partial charge in [-0.2, -0.15) is 0 Å². The van der Waals surface area contributed by atoms with E-state index in [1.165, 1.54) is 4.90 Å². The van der Waals surface area contributed by atoms with Crippen LogP contribution in [0.4, 0.5) is 0 Å². The summed E-state index contributed by atoms with van der Waals surface area (Å²) in [4.78, 5) is 27.8. The lowest BCUT2D eigenvalue weighted by molar-refractivity contribution is -0.153. The predicted octanol–water partition coefficient (Wildman–Crippen LogP) is 1.98. The molecule has 1 aliphatic rings. The van der Waals surface area contributed by atoms with Gasteiger partial charge in [0.25, 0.3) is 0 Å². The minimum Gasteiger partial charge on any atom is -0.331 e. The first-order valence-corrected chi connectivity index (χ1v) is 6.97. The highest BCUT2D eigenvalue weighted by Gasteiger charge is 2.31. The van der Waals surface area contributed by atoms with Crippen molar-refractivity contribution in [2.45, 2.75) is 38.6 Å². The van der Waals surface area contributed by atoms with Crippen LogP contribution in [0.15, 0.2) is 25.3 Å². The minimum absolute atomic E-state index is 0.208. The van der Waals surface area contributed by atoms with E-state index in [-0.39, 0.29) is 11.9 Å². The van der Waals surface area contributed by atoms with Gasteiger partial charge in [0, 0.05) is 25.7 Å². The molecule has 1 atom stereocenters. The predicted molar refractivity (Wildman–Crippen MR) is 76.6 cm³/mol. The normalized spacial score (nSPS) is 18.8. The Morgan fingerprint density at radius 1 is 1.26 bits per heavy atom. The molecule has 4 heteroatoms. The van der Waals surface area contributed by atoms with Gasteiger partial charge in [0.2, 0.25) is 0 Å². The third-order valence-corrected chi connectivity index (χ3v) is 3.53. The van der Waals surface area contributed by atoms with Gasteiger partial charge in [-0.05, 0) is 25.7 Å². The Morgan fingerprint density at radius 2 is 1.89 bits per heavy atom. The Kier molecular flexibility index (Phi) is 6.33. The standard InChI is InChI=1S/C15H24N2O2/c1-4-10-16(11-5-2)14(18)15(19)17-12-8-7-9-13(17)6-3/h4-5,13H,1-2,6-12H2,3H3. The summed E-state index contributed by atoms with van der Waals surface area (Å²) in [7, 11) is 0. The number of carbonyl (C=O) groups is 2. The fourth-order valence-electron chi connectivity index (χ4n) is 2.50. The van der Waals surface area contributed by atoms with E-state index in [4.69, 9.17) is 0 Å². The van der Waals surface area contributed by atoms with Gasteiger partial charge in [0.05, 0.1) is 0 Å². The first-order chi connectivity index (χ1) is 9.15. The summed E-state index contributed by atoms with van der Waals surface area (Å²) in [5.41, 5.74) is 0. The molecule has 0 aliphatic carbocycles. The van der Waals surface area contributed by atoms with Crippen LogP contribution in [-0.2, 0) is 9.59 Å². The van der Waals surface area contributed by atoms with Gasteiger partial charge < -0.3 is 9.80 Å². The highest BCUT2D eigenvalue weighted by atomic mass is 16.2. The quantitative estimate of drug-likeness (QED) is 0.563. The van der Waals surface area contributed by atoms with E-state index >= 15 is 0 Å². The number of carbonyl (C=O) groups excluding carboxylic acids is 2. The van der Waals surface area contributed by atoms with E-state index in [0.717, 1.165) is 25.7 Å². The largest absolute Gasteiger partial charge is 0.331 e. The lowest BCUT2D eigenvalue weighted by Gasteiger charge is -2.35. The second kappa shape index (κ2) is 7.77. The zero-order chi connectivity index (χ0) is 14.3. The molecule has 0 bridgehead atoms. The molecule has 106 valence electrons. The molecule has 1 fully saturated rings. The van der Waals surface area contributed by atoms with Crippen LogP contribution in [0.5, 0.6) is 0 Å². The van der Waals surface area contributed by atoms with Gasteiger partial charge in [0.15, 0.2) is 0 Å². The van der Waals surface area contributed by atoms with E-state index < -0.39 is 5.91 Å². The molecule has 0 N–H and O–H groups in total. The average Bonchev–Trinajstić information content (AvgIpc) is 2.45. The first kappa shape index (κ1) is 15.5. The summed E-state index contributed by atoms with van der Waals surface area (Å²) in [6.45, 7) is 10.7. The van der Waals surface area contributed by atoms with Gasteiger partial charge in [-0.1, -0.05) is 19.1 Å². The van der Waals surface area contributed by atoms with Crippen molar-refractivity contribution in [3.05, 3.63) is 25.3 Å². The smallest absolute Gasteiger partial charge is 0.312 e. The van der Waals surface area contributed by atoms with E-state index in [9.17, 15) is 9.59 Å². The van der Waals surface area contributed by atoms with E-state index in [1.807, 2.05) is 0 Å². The van der Waals surface area contributed by atoms with Crippen LogP contribution in [0.25, 0.3) is 0 Å². The van der Waals surface area contributed by atoms with Crippen molar-refractivity contribution in [2.24, 2.45) is 0 Å². The number of nitrogens with zero attached hydrogens (tertiary/aromatic N) is 2. The lowest BCUT2D eigenvalue weighted by Crippen LogP contribution is -2.51. The van der Waals surface area contributed by atoms with Gasteiger partial charge >= 0.3 is 11.8 Å². The van der Waals surface area contributed by atoms with Crippen LogP contribution < -0.4 is 0 Å². The Labute approximate surface area is 115 Å². The molecule has 1 rings (SSSR count). The van der Waals surface area contributed by atoms with Crippen molar-refractivity contribution in [1.29, 1.82) is 0 Å². The zero-order valence-electron chi connectivity index (χ0n) is 11.8. The molecule has 0 aromatic heterocycles. The molecular formula is C15H24N2O2.